The zero-order valence-electron chi connectivity index (χ0n) is 14.6. The molecule has 1 aromatic carbocycles. The second-order valence-corrected chi connectivity index (χ2v) is 7.77. The van der Waals surface area contributed by atoms with Crippen LogP contribution in [0.15, 0.2) is 24.3 Å². The van der Waals surface area contributed by atoms with Crippen LogP contribution in [0, 0.1) is 24.6 Å². The lowest BCUT2D eigenvalue weighted by atomic mass is 9.95. The number of benzene rings is 1. The maximum atomic E-state index is 13.1. The first kappa shape index (κ1) is 18.0. The number of nitrogens with one attached hydrogen (secondary N) is 1. The quantitative estimate of drug-likeness (QED) is 0.851. The van der Waals surface area contributed by atoms with Gasteiger partial charge in [0.05, 0.1) is 16.6 Å². The van der Waals surface area contributed by atoms with Crippen molar-refractivity contribution in [3.63, 3.8) is 0 Å². The SMILES string of the molecule is Cc1nc(-c2ccc(F)cc2)sc1C(C)NC(=O)[C@@H]1CCC[C@@H]1CN. The number of nitrogens with zero attached hydrogens (tertiary/aromatic N) is 1. The normalized spacial score (nSPS) is 21.3. The Labute approximate surface area is 151 Å². The van der Waals surface area contributed by atoms with Crippen LogP contribution in [0.4, 0.5) is 4.39 Å². The Kier molecular flexibility index (Phi) is 5.49. The highest BCUT2D eigenvalue weighted by molar-refractivity contribution is 7.15. The van der Waals surface area contributed by atoms with Crippen molar-refractivity contribution >= 4 is 17.2 Å². The monoisotopic (exact) mass is 361 g/mol. The van der Waals surface area contributed by atoms with Gasteiger partial charge in [-0.15, -0.1) is 11.3 Å². The lowest BCUT2D eigenvalue weighted by Crippen LogP contribution is -2.36. The summed E-state index contributed by atoms with van der Waals surface area (Å²) in [6.07, 6.45) is 3.03. The molecule has 6 heteroatoms. The summed E-state index contributed by atoms with van der Waals surface area (Å²) in [6.45, 7) is 4.50. The third-order valence-electron chi connectivity index (χ3n) is 4.97. The molecule has 3 rings (SSSR count). The Bertz CT molecular complexity index is 744. The highest BCUT2D eigenvalue weighted by Gasteiger charge is 2.32. The minimum atomic E-state index is -0.260. The van der Waals surface area contributed by atoms with E-state index >= 15 is 0 Å². The Morgan fingerprint density at radius 2 is 2.12 bits per heavy atom. The molecule has 1 fully saturated rings. The molecule has 1 aliphatic carbocycles. The van der Waals surface area contributed by atoms with Crippen molar-refractivity contribution in [3.05, 3.63) is 40.7 Å². The van der Waals surface area contributed by atoms with E-state index in [-0.39, 0.29) is 23.7 Å². The second kappa shape index (κ2) is 7.62. The van der Waals surface area contributed by atoms with Gasteiger partial charge in [-0.1, -0.05) is 6.42 Å². The summed E-state index contributed by atoms with van der Waals surface area (Å²) in [7, 11) is 0. The lowest BCUT2D eigenvalue weighted by Gasteiger charge is -2.20. The number of hydrogen-bond acceptors (Lipinski definition) is 4. The van der Waals surface area contributed by atoms with E-state index in [1.54, 1.807) is 23.5 Å². The topological polar surface area (TPSA) is 68.0 Å². The molecule has 1 unspecified atom stereocenters. The maximum absolute atomic E-state index is 13.1. The number of carbonyl (C=O) groups excluding carboxylic acids is 1. The fourth-order valence-electron chi connectivity index (χ4n) is 3.58. The van der Waals surface area contributed by atoms with Crippen LogP contribution in [0.3, 0.4) is 0 Å². The van der Waals surface area contributed by atoms with Crippen LogP contribution in [0.2, 0.25) is 0 Å². The Balaban J connectivity index is 1.73. The number of nitrogens with two attached hydrogens (primary N) is 1. The van der Waals surface area contributed by atoms with E-state index in [1.165, 1.54) is 12.1 Å². The van der Waals surface area contributed by atoms with Gasteiger partial charge in [-0.25, -0.2) is 9.37 Å². The van der Waals surface area contributed by atoms with Gasteiger partial charge in [0.25, 0.3) is 0 Å². The van der Waals surface area contributed by atoms with E-state index in [2.05, 4.69) is 10.3 Å². The fraction of sp³-hybridized carbons (Fsp3) is 0.474. The molecule has 0 spiro atoms. The van der Waals surface area contributed by atoms with E-state index < -0.39 is 0 Å². The summed E-state index contributed by atoms with van der Waals surface area (Å²) in [4.78, 5) is 18.2. The first-order valence-corrected chi connectivity index (χ1v) is 9.55. The molecule has 3 N–H and O–H groups in total. The number of halogens is 1. The van der Waals surface area contributed by atoms with Crippen molar-refractivity contribution in [1.29, 1.82) is 0 Å². The van der Waals surface area contributed by atoms with Gasteiger partial charge in [0.2, 0.25) is 5.91 Å². The number of aryl methyl sites for hydroxylation is 1. The molecule has 1 heterocycles. The van der Waals surface area contributed by atoms with E-state index in [1.807, 2.05) is 13.8 Å². The van der Waals surface area contributed by atoms with Crippen molar-refractivity contribution in [1.82, 2.24) is 10.3 Å². The molecule has 1 amide bonds. The molecule has 0 aliphatic heterocycles. The Morgan fingerprint density at radius 3 is 2.80 bits per heavy atom. The van der Waals surface area contributed by atoms with E-state index in [0.717, 1.165) is 40.4 Å². The van der Waals surface area contributed by atoms with Crippen LogP contribution in [0.25, 0.3) is 10.6 Å². The van der Waals surface area contributed by atoms with Crippen LogP contribution in [-0.2, 0) is 4.79 Å². The predicted octanol–water partition coefficient (Wildman–Crippen LogP) is 3.81. The van der Waals surface area contributed by atoms with Crippen LogP contribution < -0.4 is 11.1 Å². The highest BCUT2D eigenvalue weighted by Crippen LogP contribution is 2.34. The predicted molar refractivity (Wildman–Crippen MR) is 98.7 cm³/mol. The van der Waals surface area contributed by atoms with Gasteiger partial charge in [0, 0.05) is 11.5 Å². The van der Waals surface area contributed by atoms with Crippen molar-refractivity contribution < 1.29 is 9.18 Å². The third-order valence-corrected chi connectivity index (χ3v) is 6.36. The van der Waals surface area contributed by atoms with Crippen LogP contribution in [-0.4, -0.2) is 17.4 Å². The summed E-state index contributed by atoms with van der Waals surface area (Å²) in [5.41, 5.74) is 7.58. The van der Waals surface area contributed by atoms with Gasteiger partial charge >= 0.3 is 0 Å². The first-order valence-electron chi connectivity index (χ1n) is 8.73. The van der Waals surface area contributed by atoms with Crippen molar-refractivity contribution in [2.75, 3.05) is 6.54 Å². The molecule has 4 nitrogen and oxygen atoms in total. The molecule has 2 aromatic rings. The molecule has 3 atom stereocenters. The number of carbonyl (C=O) groups is 1. The first-order chi connectivity index (χ1) is 12.0. The number of rotatable bonds is 5. The lowest BCUT2D eigenvalue weighted by molar-refractivity contribution is -0.126. The van der Waals surface area contributed by atoms with Crippen LogP contribution >= 0.6 is 11.3 Å². The fourth-order valence-corrected chi connectivity index (χ4v) is 4.65. The van der Waals surface area contributed by atoms with E-state index in [0.29, 0.717) is 12.5 Å². The minimum absolute atomic E-state index is 0.0252. The highest BCUT2D eigenvalue weighted by atomic mass is 32.1. The molecule has 0 bridgehead atoms. The summed E-state index contributed by atoms with van der Waals surface area (Å²) in [5, 5.41) is 3.98. The summed E-state index contributed by atoms with van der Waals surface area (Å²) < 4.78 is 13.1. The summed E-state index contributed by atoms with van der Waals surface area (Å²) in [5.74, 6) is 0.155. The van der Waals surface area contributed by atoms with Crippen LogP contribution in [0.1, 0.15) is 42.8 Å². The maximum Gasteiger partial charge on any atom is 0.223 e. The number of hydrogen-bond donors (Lipinski definition) is 2. The molecule has 1 aromatic heterocycles. The third kappa shape index (κ3) is 3.90. The van der Waals surface area contributed by atoms with Crippen molar-refractivity contribution in [2.24, 2.45) is 17.6 Å². The van der Waals surface area contributed by atoms with Crippen LogP contribution in [0.5, 0.6) is 0 Å². The number of aromatic nitrogens is 1. The standard InChI is InChI=1S/C19H24FN3OS/c1-11(22-18(24)16-5-3-4-14(16)10-21)17-12(2)23-19(25-17)13-6-8-15(20)9-7-13/h6-9,11,14,16H,3-5,10,21H2,1-2H3,(H,22,24)/t11?,14-,16-/m1/s1. The molecular formula is C19H24FN3OS. The smallest absolute Gasteiger partial charge is 0.223 e. The van der Waals surface area contributed by atoms with Gasteiger partial charge in [0.15, 0.2) is 0 Å². The molecule has 0 radical (unpaired) electrons. The van der Waals surface area contributed by atoms with E-state index in [4.69, 9.17) is 5.73 Å². The van der Waals surface area contributed by atoms with Gasteiger partial charge in [0.1, 0.15) is 10.8 Å². The zero-order valence-corrected chi connectivity index (χ0v) is 15.4. The molecule has 134 valence electrons. The summed E-state index contributed by atoms with van der Waals surface area (Å²) >= 11 is 1.54. The van der Waals surface area contributed by atoms with Crippen molar-refractivity contribution in [3.8, 4) is 10.6 Å². The summed E-state index contributed by atoms with van der Waals surface area (Å²) in [6, 6.07) is 6.22. The van der Waals surface area contributed by atoms with Gasteiger partial charge < -0.3 is 11.1 Å². The number of amides is 1. The molecular weight excluding hydrogens is 337 g/mol. The largest absolute Gasteiger partial charge is 0.348 e. The molecule has 25 heavy (non-hydrogen) atoms. The Morgan fingerprint density at radius 1 is 1.40 bits per heavy atom. The van der Waals surface area contributed by atoms with Gasteiger partial charge in [-0.05, 0) is 63.4 Å². The second-order valence-electron chi connectivity index (χ2n) is 6.74. The van der Waals surface area contributed by atoms with E-state index in [9.17, 15) is 9.18 Å². The van der Waals surface area contributed by atoms with Gasteiger partial charge in [-0.2, -0.15) is 0 Å². The Hall–Kier alpha value is -1.79. The minimum Gasteiger partial charge on any atom is -0.348 e. The average molecular weight is 361 g/mol. The van der Waals surface area contributed by atoms with Gasteiger partial charge in [-0.3, -0.25) is 4.79 Å². The molecule has 1 saturated carbocycles. The number of thiazole rings is 1. The zero-order chi connectivity index (χ0) is 18.0. The van der Waals surface area contributed by atoms with Crippen molar-refractivity contribution in [2.45, 2.75) is 39.2 Å². The average Bonchev–Trinajstić information content (AvgIpc) is 3.21. The molecule has 1 aliphatic rings. The molecule has 0 saturated heterocycles.